The van der Waals surface area contributed by atoms with Crippen molar-refractivity contribution < 1.29 is 4.79 Å². The molecule has 2 N–H and O–H groups in total. The van der Waals surface area contributed by atoms with Crippen LogP contribution in [0.15, 0.2) is 70.7 Å². The molecule has 0 spiro atoms. The first kappa shape index (κ1) is 19.6. The smallest absolute Gasteiger partial charge is 0.230 e. The molecule has 2 aromatic heterocycles. The molecular weight excluding hydrogens is 422 g/mol. The van der Waals surface area contributed by atoms with Gasteiger partial charge in [0.1, 0.15) is 5.01 Å². The molecule has 2 aromatic carbocycles. The number of rotatable bonds is 7. The summed E-state index contributed by atoms with van der Waals surface area (Å²) in [6.45, 7) is 0.683. The number of hydrogen-bond donors (Lipinski definition) is 2. The van der Waals surface area contributed by atoms with Crippen molar-refractivity contribution in [2.45, 2.75) is 13.0 Å². The average Bonchev–Trinajstić information content (AvgIpc) is 3.40. The van der Waals surface area contributed by atoms with Gasteiger partial charge in [0.25, 0.3) is 0 Å². The molecule has 4 aromatic rings. The fourth-order valence-corrected chi connectivity index (χ4v) is 4.59. The number of thiophene rings is 1. The van der Waals surface area contributed by atoms with Crippen molar-refractivity contribution >= 4 is 51.6 Å². The largest absolute Gasteiger partial charge is 0.380 e. The first-order valence-electron chi connectivity index (χ1n) is 9.01. The highest BCUT2D eigenvalue weighted by molar-refractivity contribution is 7.14. The number of nitrogens with one attached hydrogen (secondary N) is 2. The third kappa shape index (κ3) is 5.23. The topological polar surface area (TPSA) is 54.0 Å². The first-order chi connectivity index (χ1) is 14.2. The van der Waals surface area contributed by atoms with Gasteiger partial charge in [0.05, 0.1) is 22.8 Å². The fraction of sp³-hybridized carbons (Fsp3) is 0.0909. The van der Waals surface area contributed by atoms with Gasteiger partial charge in [-0.1, -0.05) is 41.9 Å². The van der Waals surface area contributed by atoms with Crippen LogP contribution in [0.4, 0.5) is 11.4 Å². The number of aromatic nitrogens is 1. The first-order valence-corrected chi connectivity index (χ1v) is 11.2. The predicted octanol–water partition coefficient (Wildman–Crippen LogP) is 6.32. The lowest BCUT2D eigenvalue weighted by Gasteiger charge is -2.11. The molecule has 2 heterocycles. The van der Waals surface area contributed by atoms with Gasteiger partial charge in [-0.25, -0.2) is 4.98 Å². The molecular formula is C22H18ClN3OS2. The summed E-state index contributed by atoms with van der Waals surface area (Å²) in [7, 11) is 0. The second-order valence-corrected chi connectivity index (χ2v) is 8.46. The molecule has 7 heteroatoms. The minimum Gasteiger partial charge on any atom is -0.380 e. The Morgan fingerprint density at radius 2 is 1.93 bits per heavy atom. The number of carbonyl (C=O) groups is 1. The normalized spacial score (nSPS) is 10.7. The van der Waals surface area contributed by atoms with Crippen molar-refractivity contribution in [1.82, 2.24) is 4.98 Å². The van der Waals surface area contributed by atoms with Gasteiger partial charge < -0.3 is 10.6 Å². The Morgan fingerprint density at radius 1 is 1.07 bits per heavy atom. The van der Waals surface area contributed by atoms with Gasteiger partial charge in [-0.15, -0.1) is 11.3 Å². The summed E-state index contributed by atoms with van der Waals surface area (Å²) in [5.41, 5.74) is 4.52. The molecule has 146 valence electrons. The minimum absolute atomic E-state index is 0.117. The van der Waals surface area contributed by atoms with E-state index in [1.807, 2.05) is 47.2 Å². The Morgan fingerprint density at radius 3 is 2.69 bits per heavy atom. The lowest BCUT2D eigenvalue weighted by Crippen LogP contribution is -2.14. The van der Waals surface area contributed by atoms with Gasteiger partial charge in [-0.3, -0.25) is 4.79 Å². The highest BCUT2D eigenvalue weighted by Crippen LogP contribution is 2.27. The SMILES string of the molecule is O=C(Cc1csc(-c2ccsc2)n1)Nc1ccc(NCc2ccccc2)c(Cl)c1. The van der Waals surface area contributed by atoms with Crippen molar-refractivity contribution in [1.29, 1.82) is 0 Å². The van der Waals surface area contributed by atoms with Crippen LogP contribution < -0.4 is 10.6 Å². The van der Waals surface area contributed by atoms with Crippen molar-refractivity contribution in [3.05, 3.63) is 87.0 Å². The fourth-order valence-electron chi connectivity index (χ4n) is 2.81. The number of anilines is 2. The zero-order chi connectivity index (χ0) is 20.1. The van der Waals surface area contributed by atoms with Gasteiger partial charge in [0.2, 0.25) is 5.91 Å². The van der Waals surface area contributed by atoms with Crippen LogP contribution in [0.1, 0.15) is 11.3 Å². The summed E-state index contributed by atoms with van der Waals surface area (Å²) >= 11 is 9.56. The van der Waals surface area contributed by atoms with E-state index < -0.39 is 0 Å². The molecule has 1 amide bonds. The standard InChI is InChI=1S/C22H18ClN3OS2/c23-19-10-17(6-7-20(19)24-12-15-4-2-1-3-5-15)25-21(27)11-18-14-29-22(26-18)16-8-9-28-13-16/h1-10,13-14,24H,11-12H2,(H,25,27). The zero-order valence-electron chi connectivity index (χ0n) is 15.4. The van der Waals surface area contributed by atoms with E-state index in [0.717, 1.165) is 22.0 Å². The number of carbonyl (C=O) groups excluding carboxylic acids is 1. The molecule has 4 nitrogen and oxygen atoms in total. The van der Waals surface area contributed by atoms with E-state index in [2.05, 4.69) is 33.1 Å². The van der Waals surface area contributed by atoms with Crippen molar-refractivity contribution in [3.63, 3.8) is 0 Å². The summed E-state index contributed by atoms with van der Waals surface area (Å²) in [6, 6.07) is 17.6. The lowest BCUT2D eigenvalue weighted by molar-refractivity contribution is -0.115. The molecule has 0 atom stereocenters. The molecule has 0 aliphatic rings. The Bertz CT molecular complexity index is 1090. The summed E-state index contributed by atoms with van der Waals surface area (Å²) in [4.78, 5) is 16.9. The number of nitrogens with zero attached hydrogens (tertiary/aromatic N) is 1. The summed E-state index contributed by atoms with van der Waals surface area (Å²) < 4.78 is 0. The third-order valence-corrected chi connectivity index (χ3v) is 6.18. The van der Waals surface area contributed by atoms with E-state index in [1.165, 1.54) is 5.56 Å². The molecule has 0 radical (unpaired) electrons. The van der Waals surface area contributed by atoms with Crippen molar-refractivity contribution in [3.8, 4) is 10.6 Å². The van der Waals surface area contributed by atoms with Gasteiger partial charge in [0, 0.05) is 28.6 Å². The maximum Gasteiger partial charge on any atom is 0.230 e. The van der Waals surface area contributed by atoms with E-state index in [9.17, 15) is 4.79 Å². The van der Waals surface area contributed by atoms with E-state index in [1.54, 1.807) is 28.7 Å². The molecule has 0 aliphatic heterocycles. The van der Waals surface area contributed by atoms with Crippen LogP contribution in [0.2, 0.25) is 5.02 Å². The maximum absolute atomic E-state index is 12.4. The molecule has 0 saturated heterocycles. The number of amides is 1. The Balaban J connectivity index is 1.34. The second kappa shape index (κ2) is 9.22. The third-order valence-electron chi connectivity index (χ3n) is 4.24. The number of benzene rings is 2. The predicted molar refractivity (Wildman–Crippen MR) is 123 cm³/mol. The maximum atomic E-state index is 12.4. The number of thiazole rings is 1. The van der Waals surface area contributed by atoms with E-state index in [-0.39, 0.29) is 12.3 Å². The summed E-state index contributed by atoms with van der Waals surface area (Å²) in [6.07, 6.45) is 0.228. The van der Waals surface area contributed by atoms with Crippen LogP contribution in [-0.4, -0.2) is 10.9 Å². The average molecular weight is 440 g/mol. The molecule has 0 aliphatic carbocycles. The molecule has 4 rings (SSSR count). The molecule has 0 saturated carbocycles. The van der Waals surface area contributed by atoms with E-state index >= 15 is 0 Å². The van der Waals surface area contributed by atoms with Crippen LogP contribution in [0.25, 0.3) is 10.6 Å². The zero-order valence-corrected chi connectivity index (χ0v) is 17.8. The molecule has 0 fully saturated rings. The summed E-state index contributed by atoms with van der Waals surface area (Å²) in [5, 5.41) is 13.7. The quantitative estimate of drug-likeness (QED) is 0.354. The number of halogens is 1. The summed E-state index contributed by atoms with van der Waals surface area (Å²) in [5.74, 6) is -0.117. The van der Waals surface area contributed by atoms with Crippen molar-refractivity contribution in [2.75, 3.05) is 10.6 Å². The Labute approximate surface area is 182 Å². The molecule has 0 unspecified atom stereocenters. The van der Waals surface area contributed by atoms with Crippen molar-refractivity contribution in [2.24, 2.45) is 0 Å². The second-order valence-electron chi connectivity index (χ2n) is 6.41. The monoisotopic (exact) mass is 439 g/mol. The van der Waals surface area contributed by atoms with Gasteiger partial charge >= 0.3 is 0 Å². The Hall–Kier alpha value is -2.67. The highest BCUT2D eigenvalue weighted by Gasteiger charge is 2.11. The van der Waals surface area contributed by atoms with E-state index in [0.29, 0.717) is 17.3 Å². The van der Waals surface area contributed by atoms with E-state index in [4.69, 9.17) is 11.6 Å². The number of hydrogen-bond acceptors (Lipinski definition) is 5. The van der Waals surface area contributed by atoms with Crippen LogP contribution in [0.5, 0.6) is 0 Å². The lowest BCUT2D eigenvalue weighted by atomic mass is 10.2. The van der Waals surface area contributed by atoms with Crippen LogP contribution >= 0.6 is 34.3 Å². The van der Waals surface area contributed by atoms with Gasteiger partial charge in [0.15, 0.2) is 0 Å². The van der Waals surface area contributed by atoms with Crippen LogP contribution in [0, 0.1) is 0 Å². The minimum atomic E-state index is -0.117. The molecule has 29 heavy (non-hydrogen) atoms. The van der Waals surface area contributed by atoms with Crippen LogP contribution in [0.3, 0.4) is 0 Å². The molecule has 0 bridgehead atoms. The van der Waals surface area contributed by atoms with Gasteiger partial charge in [-0.2, -0.15) is 11.3 Å². The van der Waals surface area contributed by atoms with Gasteiger partial charge in [-0.05, 0) is 35.2 Å². The highest BCUT2D eigenvalue weighted by atomic mass is 35.5. The van der Waals surface area contributed by atoms with Crippen LogP contribution in [-0.2, 0) is 17.8 Å². The Kier molecular flexibility index (Phi) is 6.24.